The summed E-state index contributed by atoms with van der Waals surface area (Å²) in [5.41, 5.74) is 6.74. The molecule has 438 valence electrons. The molecule has 0 unspecified atom stereocenters. The number of nitro benzene ring substituents is 1. The van der Waals surface area contributed by atoms with E-state index >= 15 is 0 Å². The molecule has 86 heavy (non-hydrogen) atoms. The number of rotatable bonds is 26. The number of carbonyl (C=O) groups is 4. The summed E-state index contributed by atoms with van der Waals surface area (Å²) >= 11 is 1.43. The van der Waals surface area contributed by atoms with E-state index in [0.29, 0.717) is 116 Å². The average Bonchev–Trinajstić information content (AvgIpc) is 0.891. The number of nitrogens with zero attached hydrogens (tertiary/aromatic N) is 8. The molecule has 1 aliphatic heterocycles. The fourth-order valence-electron chi connectivity index (χ4n) is 9.04. The van der Waals surface area contributed by atoms with Crippen LogP contribution >= 0.6 is 11.8 Å². The molecule has 4 N–H and O–H groups in total. The summed E-state index contributed by atoms with van der Waals surface area (Å²) in [7, 11) is 8.73. The number of non-ortho nitro benzene ring substituents is 1. The number of aromatic carboxylic acids is 1. The first kappa shape index (κ1) is 61.4. The molecule has 0 aliphatic carbocycles. The van der Waals surface area contributed by atoms with Crippen LogP contribution in [-0.4, -0.2) is 94.5 Å². The molecule has 8 rings (SSSR count). The third-order valence-electron chi connectivity index (χ3n) is 13.5. The highest BCUT2D eigenvalue weighted by Gasteiger charge is 2.26. The highest BCUT2D eigenvalue weighted by atomic mass is 32.2. The van der Waals surface area contributed by atoms with Crippen molar-refractivity contribution in [1.82, 2.24) is 10.6 Å². The summed E-state index contributed by atoms with van der Waals surface area (Å²) in [5, 5.41) is 58.1. The lowest BCUT2D eigenvalue weighted by molar-refractivity contribution is -0.384. The Morgan fingerprint density at radius 3 is 1.99 bits per heavy atom. The molecule has 0 radical (unpaired) electrons. The highest BCUT2D eigenvalue weighted by Crippen LogP contribution is 2.42. The van der Waals surface area contributed by atoms with Crippen LogP contribution in [0.5, 0.6) is 23.0 Å². The Bertz CT molecular complexity index is 3940. The van der Waals surface area contributed by atoms with Crippen LogP contribution in [0.15, 0.2) is 166 Å². The number of thioether (sulfide) groups is 1. The zero-order valence-corrected chi connectivity index (χ0v) is 48.6. The maximum Gasteiger partial charge on any atom is 0.336 e. The van der Waals surface area contributed by atoms with Crippen molar-refractivity contribution in [2.24, 2.45) is 20.5 Å². The topological polar surface area (TPSA) is 275 Å². The Hall–Kier alpha value is -10.7. The number of allylic oxidation sites excluding steroid dienone is 1. The number of hydrogen-bond acceptors (Lipinski definition) is 17. The molecule has 1 heterocycles. The number of hydrogen-bond donors (Lipinski definition) is 4. The standard InChI is InChI=1S/C64H61N11O10S/c1-40-11-26-50-55(35-40)85-56-37-48(73(2)3)25-28-51(56)62(50)52-36-42(14-27-49(52)64(79)80)63(78)67-31-7-9-61(77)68-43-15-12-41(13-16-43)59(29-30-65)86-34-32-66-60(76)10-8-33-74(4)46-21-17-44(18-22-46)69-71-53-38-58(84-6)54(39-57(53)83-5)72-70-45-19-23-47(24-20-45)75(81)82/h11-29,35-39H,1,7-10,31-34H2,2-6H3,(H,66,76)(H,67,78)(H,68,77)(H,79,80)/b59-29?,71-69+,72-70+. The fraction of sp³-hybridized carbons (Fsp3) is 0.203. The number of amides is 3. The first-order chi connectivity index (χ1) is 41.5. The Kier molecular flexibility index (Phi) is 20.7. The molecule has 7 aromatic carbocycles. The maximum absolute atomic E-state index is 13.5. The molecule has 22 heteroatoms. The van der Waals surface area contributed by atoms with Gasteiger partial charge in [0.25, 0.3) is 11.6 Å². The molecule has 0 saturated heterocycles. The van der Waals surface area contributed by atoms with Crippen LogP contribution in [0.1, 0.15) is 63.1 Å². The van der Waals surface area contributed by atoms with Crippen molar-refractivity contribution in [3.63, 3.8) is 0 Å². The first-order valence-electron chi connectivity index (χ1n) is 27.1. The predicted octanol–water partition coefficient (Wildman–Crippen LogP) is 11.7. The van der Waals surface area contributed by atoms with Gasteiger partial charge >= 0.3 is 5.97 Å². The van der Waals surface area contributed by atoms with Crippen molar-refractivity contribution in [1.29, 1.82) is 5.26 Å². The lowest BCUT2D eigenvalue weighted by Gasteiger charge is -2.24. The van der Waals surface area contributed by atoms with Gasteiger partial charge in [0.15, 0.2) is 0 Å². The maximum atomic E-state index is 13.5. The van der Waals surface area contributed by atoms with Crippen molar-refractivity contribution in [2.45, 2.75) is 25.7 Å². The van der Waals surface area contributed by atoms with Crippen LogP contribution in [0.25, 0.3) is 17.1 Å². The van der Waals surface area contributed by atoms with Crippen LogP contribution in [0.4, 0.5) is 45.5 Å². The van der Waals surface area contributed by atoms with Crippen LogP contribution in [0, 0.1) is 21.4 Å². The van der Waals surface area contributed by atoms with Gasteiger partial charge in [-0.2, -0.15) is 15.5 Å². The molecule has 3 amide bonds. The Balaban J connectivity index is 0.749. The molecular weight excluding hydrogens is 1110 g/mol. The van der Waals surface area contributed by atoms with Crippen LogP contribution in [0.3, 0.4) is 0 Å². The summed E-state index contributed by atoms with van der Waals surface area (Å²) in [4.78, 5) is 67.1. The Labute approximate surface area is 500 Å². The van der Waals surface area contributed by atoms with Crippen molar-refractivity contribution < 1.29 is 43.4 Å². The van der Waals surface area contributed by atoms with E-state index in [1.165, 1.54) is 68.5 Å². The van der Waals surface area contributed by atoms with Gasteiger partial charge in [-0.25, -0.2) is 4.79 Å². The molecular formula is C64H61N11O10S. The molecule has 0 bridgehead atoms. The normalized spacial score (nSPS) is 11.7. The molecule has 0 spiro atoms. The van der Waals surface area contributed by atoms with Gasteiger partial charge in [0.2, 0.25) is 11.8 Å². The number of carbonyl (C=O) groups excluding carboxylic acids is 3. The zero-order chi connectivity index (χ0) is 61.3. The van der Waals surface area contributed by atoms with Crippen LogP contribution in [0.2, 0.25) is 0 Å². The van der Waals surface area contributed by atoms with Gasteiger partial charge in [-0.15, -0.1) is 22.0 Å². The van der Waals surface area contributed by atoms with Crippen molar-refractivity contribution in [2.75, 3.05) is 75.9 Å². The van der Waals surface area contributed by atoms with Gasteiger partial charge < -0.3 is 45.1 Å². The SMILES string of the molecule is C=c1ccc2c(c1)Oc1cc(N(C)C)ccc1C=2c1cc(C(=O)NCCCC(=O)Nc2ccc(C(=CC#N)SCCNC(=O)CCCN(C)c3ccc(/N=N/c4cc(OC)c(/N=N/c5ccc([N+](=O)[O-])cc5)cc4OC)cc3)cc2)ccc1C(=O)O. The number of ether oxygens (including phenoxy) is 3. The molecule has 0 saturated carbocycles. The van der Waals surface area contributed by atoms with E-state index in [0.717, 1.165) is 22.2 Å². The number of methoxy groups -OCH3 is 2. The third-order valence-corrected chi connectivity index (χ3v) is 14.6. The number of benzene rings is 7. The molecule has 0 aromatic heterocycles. The van der Waals surface area contributed by atoms with Crippen molar-refractivity contribution >= 4 is 98.0 Å². The summed E-state index contributed by atoms with van der Waals surface area (Å²) in [6.07, 6.45) is 2.81. The Morgan fingerprint density at radius 2 is 1.36 bits per heavy atom. The van der Waals surface area contributed by atoms with Gasteiger partial charge in [-0.1, -0.05) is 30.8 Å². The number of fused-ring (bicyclic) bond motifs is 2. The summed E-state index contributed by atoms with van der Waals surface area (Å²) in [5.74, 6) is 0.388. The lowest BCUT2D eigenvalue weighted by Crippen LogP contribution is -2.27. The number of nitro groups is 1. The van der Waals surface area contributed by atoms with E-state index in [1.807, 2.05) is 85.5 Å². The smallest absolute Gasteiger partial charge is 0.336 e. The van der Waals surface area contributed by atoms with Gasteiger partial charge in [0, 0.05) is 140 Å². The summed E-state index contributed by atoms with van der Waals surface area (Å²) in [6.45, 7) is 5.23. The van der Waals surface area contributed by atoms with Crippen LogP contribution in [-0.2, 0) is 9.59 Å². The number of nitriles is 1. The highest BCUT2D eigenvalue weighted by molar-refractivity contribution is 8.08. The minimum Gasteiger partial charge on any atom is -0.494 e. The molecule has 0 atom stereocenters. The van der Waals surface area contributed by atoms with Crippen molar-refractivity contribution in [3.05, 3.63) is 194 Å². The molecule has 21 nitrogen and oxygen atoms in total. The van der Waals surface area contributed by atoms with E-state index in [-0.39, 0.29) is 41.6 Å². The minimum atomic E-state index is -1.15. The summed E-state index contributed by atoms with van der Waals surface area (Å²) in [6, 6.07) is 41.1. The van der Waals surface area contributed by atoms with Gasteiger partial charge in [0.1, 0.15) is 34.4 Å². The first-order valence-corrected chi connectivity index (χ1v) is 28.0. The Morgan fingerprint density at radius 1 is 0.721 bits per heavy atom. The number of carboxylic acid groups (broad SMARTS) is 1. The van der Waals surface area contributed by atoms with E-state index in [1.54, 1.807) is 48.5 Å². The number of azo groups is 2. The van der Waals surface area contributed by atoms with E-state index in [9.17, 15) is 39.7 Å². The monoisotopic (exact) mass is 1180 g/mol. The largest absolute Gasteiger partial charge is 0.494 e. The van der Waals surface area contributed by atoms with E-state index in [2.05, 4.69) is 49.1 Å². The quantitative estimate of drug-likeness (QED) is 0.0129. The fourth-order valence-corrected chi connectivity index (χ4v) is 9.90. The average molecular weight is 1180 g/mol. The molecule has 1 aliphatic rings. The zero-order valence-electron chi connectivity index (χ0n) is 47.8. The lowest BCUT2D eigenvalue weighted by atomic mass is 9.88. The second-order valence-electron chi connectivity index (χ2n) is 19.7. The summed E-state index contributed by atoms with van der Waals surface area (Å²) < 4.78 is 17.4. The van der Waals surface area contributed by atoms with Gasteiger partial charge in [-0.05, 0) is 114 Å². The van der Waals surface area contributed by atoms with Gasteiger partial charge in [-0.3, -0.25) is 24.5 Å². The van der Waals surface area contributed by atoms with E-state index < -0.39 is 16.8 Å². The predicted molar refractivity (Wildman–Crippen MR) is 333 cm³/mol. The third kappa shape index (κ3) is 15.9. The second-order valence-corrected chi connectivity index (χ2v) is 20.8. The number of nitrogens with one attached hydrogen (secondary N) is 3. The van der Waals surface area contributed by atoms with Crippen molar-refractivity contribution in [3.8, 4) is 29.1 Å². The number of carboxylic acids is 1. The second kappa shape index (κ2) is 29.0. The number of anilines is 3. The van der Waals surface area contributed by atoms with E-state index in [4.69, 9.17) is 14.2 Å². The minimum absolute atomic E-state index is 0.0186. The van der Waals surface area contributed by atoms with Gasteiger partial charge in [0.05, 0.1) is 42.2 Å². The van der Waals surface area contributed by atoms with Crippen LogP contribution < -0.4 is 50.4 Å². The molecule has 7 aromatic rings. The molecule has 0 fully saturated rings.